The molecule has 0 fully saturated rings. The maximum atomic E-state index is 12.3. The van der Waals surface area contributed by atoms with Gasteiger partial charge in [-0.25, -0.2) is 9.18 Å². The van der Waals surface area contributed by atoms with Crippen molar-refractivity contribution in [2.24, 2.45) is 0 Å². The second-order valence-electron chi connectivity index (χ2n) is 2.16. The molecule has 0 heterocycles. The van der Waals surface area contributed by atoms with Gasteiger partial charge in [0.1, 0.15) is 6.67 Å². The molecule has 0 aliphatic heterocycles. The normalized spacial score (nSPS) is 9.50. The van der Waals surface area contributed by atoms with Gasteiger partial charge in [-0.15, -0.1) is 0 Å². The molecule has 12 heavy (non-hydrogen) atoms. The van der Waals surface area contributed by atoms with E-state index in [-0.39, 0.29) is 5.56 Å². The summed E-state index contributed by atoms with van der Waals surface area (Å²) in [7, 11) is 0. The number of halogens is 2. The van der Waals surface area contributed by atoms with E-state index in [1.165, 1.54) is 6.07 Å². The van der Waals surface area contributed by atoms with Crippen molar-refractivity contribution in [2.75, 3.05) is 0 Å². The fourth-order valence-electron chi connectivity index (χ4n) is 0.878. The lowest BCUT2D eigenvalue weighted by atomic mass is 10.1. The van der Waals surface area contributed by atoms with Gasteiger partial charge < -0.3 is 3.83 Å². The number of alkyl halides is 1. The minimum absolute atomic E-state index is 0.247. The van der Waals surface area contributed by atoms with Crippen LogP contribution in [0.4, 0.5) is 4.39 Å². The van der Waals surface area contributed by atoms with Crippen LogP contribution in [-0.4, -0.2) is 5.97 Å². The van der Waals surface area contributed by atoms with E-state index in [1.54, 1.807) is 18.2 Å². The maximum absolute atomic E-state index is 12.3. The van der Waals surface area contributed by atoms with E-state index in [1.807, 2.05) is 0 Å². The van der Waals surface area contributed by atoms with Crippen molar-refractivity contribution < 1.29 is 13.0 Å². The van der Waals surface area contributed by atoms with Crippen molar-refractivity contribution in [2.45, 2.75) is 6.67 Å². The van der Waals surface area contributed by atoms with Crippen molar-refractivity contribution in [3.8, 4) is 0 Å². The minimum Gasteiger partial charge on any atom is -0.380 e. The summed E-state index contributed by atoms with van der Waals surface area (Å²) >= 11 is 2.54. The molecule has 0 unspecified atom stereocenters. The Hall–Kier alpha value is -0.900. The van der Waals surface area contributed by atoms with Gasteiger partial charge in [0.2, 0.25) is 0 Å². The summed E-state index contributed by atoms with van der Waals surface area (Å²) in [6.07, 6.45) is 0. The van der Waals surface area contributed by atoms with E-state index in [9.17, 15) is 9.18 Å². The third-order valence-corrected chi connectivity index (χ3v) is 1.75. The molecule has 0 saturated heterocycles. The predicted octanol–water partition coefficient (Wildman–Crippen LogP) is 2.62. The molecular formula is C8H6BrFO2. The molecule has 0 spiro atoms. The molecule has 2 nitrogen and oxygen atoms in total. The van der Waals surface area contributed by atoms with E-state index in [4.69, 9.17) is 0 Å². The largest absolute Gasteiger partial charge is 0.380 e. The third kappa shape index (κ3) is 1.82. The number of hydrogen-bond donors (Lipinski definition) is 0. The van der Waals surface area contributed by atoms with Gasteiger partial charge in [-0.2, -0.15) is 0 Å². The highest BCUT2D eigenvalue weighted by molar-refractivity contribution is 9.06. The fourth-order valence-corrected chi connectivity index (χ4v) is 1.05. The van der Waals surface area contributed by atoms with E-state index >= 15 is 0 Å². The monoisotopic (exact) mass is 232 g/mol. The van der Waals surface area contributed by atoms with Crippen LogP contribution in [0.25, 0.3) is 0 Å². The predicted molar refractivity (Wildman–Crippen MR) is 45.6 cm³/mol. The molecule has 0 aliphatic carbocycles. The standard InChI is InChI=1S/C8H6BrFO2/c9-12-8(11)7-4-2-1-3-6(7)5-10/h1-4H,5H2. The fraction of sp³-hybridized carbons (Fsp3) is 0.125. The minimum atomic E-state index is -0.668. The van der Waals surface area contributed by atoms with E-state index in [0.29, 0.717) is 5.56 Å². The topological polar surface area (TPSA) is 26.3 Å². The summed E-state index contributed by atoms with van der Waals surface area (Å²) in [6.45, 7) is -0.668. The van der Waals surface area contributed by atoms with Crippen LogP contribution in [0.15, 0.2) is 24.3 Å². The van der Waals surface area contributed by atoms with Gasteiger partial charge in [-0.1, -0.05) is 18.2 Å². The third-order valence-electron chi connectivity index (χ3n) is 1.45. The smallest absolute Gasteiger partial charge is 0.349 e. The molecule has 1 aromatic carbocycles. The Balaban J connectivity index is 3.04. The second-order valence-corrected chi connectivity index (χ2v) is 2.48. The maximum Gasteiger partial charge on any atom is 0.349 e. The lowest BCUT2D eigenvalue weighted by Gasteiger charge is -2.01. The first-order valence-corrected chi connectivity index (χ1v) is 3.91. The van der Waals surface area contributed by atoms with Gasteiger partial charge in [0.15, 0.2) is 16.3 Å². The molecule has 0 bridgehead atoms. The molecule has 1 rings (SSSR count). The molecular weight excluding hydrogens is 227 g/mol. The Morgan fingerprint density at radius 1 is 1.50 bits per heavy atom. The molecule has 4 heteroatoms. The highest BCUT2D eigenvalue weighted by Gasteiger charge is 2.10. The lowest BCUT2D eigenvalue weighted by Crippen LogP contribution is -2.01. The second kappa shape index (κ2) is 4.21. The van der Waals surface area contributed by atoms with Crippen molar-refractivity contribution in [3.05, 3.63) is 35.4 Å². The van der Waals surface area contributed by atoms with Gasteiger partial charge in [0, 0.05) is 0 Å². The first-order chi connectivity index (χ1) is 5.79. The zero-order chi connectivity index (χ0) is 8.97. The van der Waals surface area contributed by atoms with E-state index in [0.717, 1.165) is 0 Å². The summed E-state index contributed by atoms with van der Waals surface area (Å²) in [4.78, 5) is 11.0. The van der Waals surface area contributed by atoms with Gasteiger partial charge in [-0.3, -0.25) is 0 Å². The highest BCUT2D eigenvalue weighted by atomic mass is 79.9. The Bertz CT molecular complexity index is 288. The lowest BCUT2D eigenvalue weighted by molar-refractivity contribution is 0.0780. The van der Waals surface area contributed by atoms with Gasteiger partial charge in [-0.05, 0) is 11.6 Å². The van der Waals surface area contributed by atoms with Crippen molar-refractivity contribution in [3.63, 3.8) is 0 Å². The van der Waals surface area contributed by atoms with Crippen LogP contribution in [0.3, 0.4) is 0 Å². The molecule has 0 N–H and O–H groups in total. The first-order valence-electron chi connectivity index (χ1n) is 3.26. The van der Waals surface area contributed by atoms with Crippen LogP contribution < -0.4 is 0 Å². The molecule has 64 valence electrons. The van der Waals surface area contributed by atoms with E-state index < -0.39 is 12.6 Å². The van der Waals surface area contributed by atoms with Crippen LogP contribution in [-0.2, 0) is 10.5 Å². The van der Waals surface area contributed by atoms with Gasteiger partial charge in [0.25, 0.3) is 0 Å². The van der Waals surface area contributed by atoms with E-state index in [2.05, 4.69) is 20.1 Å². The molecule has 0 atom stereocenters. The summed E-state index contributed by atoms with van der Waals surface area (Å²) in [5.41, 5.74) is 0.582. The van der Waals surface area contributed by atoms with Crippen LogP contribution in [0, 0.1) is 0 Å². The molecule has 1 aromatic rings. The summed E-state index contributed by atoms with van der Waals surface area (Å²) in [5, 5.41) is 0. The summed E-state index contributed by atoms with van der Waals surface area (Å²) in [5.74, 6) is -0.580. The summed E-state index contributed by atoms with van der Waals surface area (Å²) < 4.78 is 16.5. The average molecular weight is 233 g/mol. The van der Waals surface area contributed by atoms with Crippen molar-refractivity contribution in [1.82, 2.24) is 0 Å². The van der Waals surface area contributed by atoms with Crippen LogP contribution in [0.1, 0.15) is 15.9 Å². The van der Waals surface area contributed by atoms with Gasteiger partial charge in [0.05, 0.1) is 5.56 Å². The molecule has 0 aliphatic rings. The number of carbonyl (C=O) groups is 1. The molecule has 0 saturated carbocycles. The van der Waals surface area contributed by atoms with Crippen molar-refractivity contribution >= 4 is 22.2 Å². The Morgan fingerprint density at radius 3 is 2.75 bits per heavy atom. The molecule has 0 aromatic heterocycles. The average Bonchev–Trinajstić information content (AvgIpc) is 2.16. The number of benzene rings is 1. The molecule has 0 radical (unpaired) electrons. The van der Waals surface area contributed by atoms with Crippen LogP contribution in [0.2, 0.25) is 0 Å². The number of carbonyl (C=O) groups excluding carboxylic acids is 1. The Morgan fingerprint density at radius 2 is 2.17 bits per heavy atom. The van der Waals surface area contributed by atoms with Crippen LogP contribution >= 0.6 is 16.3 Å². The Kier molecular flexibility index (Phi) is 3.22. The SMILES string of the molecule is O=C(OBr)c1ccccc1CF. The number of rotatable bonds is 2. The van der Waals surface area contributed by atoms with Gasteiger partial charge >= 0.3 is 5.97 Å². The summed E-state index contributed by atoms with van der Waals surface area (Å²) in [6, 6.07) is 6.37. The number of hydrogen-bond acceptors (Lipinski definition) is 2. The zero-order valence-electron chi connectivity index (χ0n) is 6.09. The van der Waals surface area contributed by atoms with Crippen molar-refractivity contribution in [1.29, 1.82) is 0 Å². The Labute approximate surface area is 77.8 Å². The zero-order valence-corrected chi connectivity index (χ0v) is 7.67. The quantitative estimate of drug-likeness (QED) is 0.784. The molecule has 0 amide bonds. The first kappa shape index (κ1) is 9.19. The van der Waals surface area contributed by atoms with Crippen LogP contribution in [0.5, 0.6) is 0 Å². The highest BCUT2D eigenvalue weighted by Crippen LogP contribution is 2.12.